The number of H-pyrrole nitrogens is 1. The van der Waals surface area contributed by atoms with E-state index < -0.39 is 6.50 Å². The molecule has 0 bridgehead atoms. The van der Waals surface area contributed by atoms with Gasteiger partial charge in [-0.3, -0.25) is 0 Å². The molecule has 2 heteroatoms. The van der Waals surface area contributed by atoms with Gasteiger partial charge in [0.25, 0.3) is 0 Å². The molecule has 0 radical (unpaired) electrons. The fourth-order valence-electron chi connectivity index (χ4n) is 1.39. The highest BCUT2D eigenvalue weighted by atomic mass is 15.0. The van der Waals surface area contributed by atoms with Crippen LogP contribution in [0.5, 0.6) is 0 Å². The lowest BCUT2D eigenvalue weighted by molar-refractivity contribution is 0.414. The fraction of sp³-hybridized carbons (Fsp3) is 0.385. The van der Waals surface area contributed by atoms with Crippen LogP contribution in [-0.2, 0) is 6.42 Å². The largest absolute Gasteiger partial charge is 0.361 e. The minimum Gasteiger partial charge on any atom is -0.361 e. The zero-order chi connectivity index (χ0) is 16.1. The van der Waals surface area contributed by atoms with Crippen LogP contribution < -0.4 is 0 Å². The quantitative estimate of drug-likeness (QED) is 0.821. The molecule has 1 N–H and O–H groups in total. The third-order valence-electron chi connectivity index (χ3n) is 2.15. The van der Waals surface area contributed by atoms with Crippen LogP contribution in [0.2, 0.25) is 0 Å². The molecule has 0 saturated heterocycles. The summed E-state index contributed by atoms with van der Waals surface area (Å²) in [6.45, 7) is -0.0593. The Kier molecular flexibility index (Phi) is 1.40. The van der Waals surface area contributed by atoms with Crippen LogP contribution in [0.4, 0.5) is 0 Å². The lowest BCUT2D eigenvalue weighted by Crippen LogP contribution is -2.14. The van der Waals surface area contributed by atoms with Crippen LogP contribution >= 0.6 is 0 Å². The van der Waals surface area contributed by atoms with E-state index in [2.05, 4.69) is 4.98 Å². The van der Waals surface area contributed by atoms with Crippen LogP contribution in [0.3, 0.4) is 0 Å². The maximum absolute atomic E-state index is 8.15. The Morgan fingerprint density at radius 1 is 1.47 bits per heavy atom. The first kappa shape index (κ1) is 5.17. The van der Waals surface area contributed by atoms with Crippen molar-refractivity contribution in [1.82, 2.24) is 9.88 Å². The molecule has 0 aliphatic carbocycles. The Morgan fingerprint density at radius 3 is 3.00 bits per heavy atom. The van der Waals surface area contributed by atoms with Gasteiger partial charge in [-0.25, -0.2) is 0 Å². The van der Waals surface area contributed by atoms with E-state index in [9.17, 15) is 0 Å². The molecule has 1 heterocycles. The molecule has 1 aromatic heterocycles. The van der Waals surface area contributed by atoms with Crippen molar-refractivity contribution >= 4 is 10.9 Å². The predicted molar refractivity (Wildman–Crippen MR) is 65.3 cm³/mol. The zero-order valence-corrected chi connectivity index (χ0v) is 9.15. The number of hydrogen-bond donors (Lipinski definition) is 1. The third-order valence-corrected chi connectivity index (χ3v) is 2.15. The standard InChI is InChI=1S/C13H18N2/c1-10-4-5-13-12(8-10)11(9-14-13)6-7-15(2)3/h4-5,8-9,14H,6-7H2,1-3H3/i4D,5D,7D2,8D,9D. The van der Waals surface area contributed by atoms with Crippen LogP contribution in [-0.4, -0.2) is 30.5 Å². The number of rotatable bonds is 3. The molecule has 2 rings (SSSR count). The third kappa shape index (κ3) is 2.21. The van der Waals surface area contributed by atoms with Crippen molar-refractivity contribution in [2.45, 2.75) is 13.3 Å². The van der Waals surface area contributed by atoms with Crippen molar-refractivity contribution in [3.05, 3.63) is 35.4 Å². The average molecular weight is 208 g/mol. The van der Waals surface area contributed by atoms with E-state index in [1.54, 1.807) is 21.0 Å². The van der Waals surface area contributed by atoms with Crippen molar-refractivity contribution in [3.8, 4) is 0 Å². The van der Waals surface area contributed by atoms with E-state index in [0.29, 0.717) is 16.5 Å². The summed E-state index contributed by atoms with van der Waals surface area (Å²) in [6, 6.07) is 0.00453. The van der Waals surface area contributed by atoms with Crippen molar-refractivity contribution in [2.24, 2.45) is 0 Å². The second-order valence-electron chi connectivity index (χ2n) is 3.71. The number of likely N-dealkylation sites (N-methyl/N-ethyl adjacent to an activating group) is 1. The summed E-state index contributed by atoms with van der Waals surface area (Å²) in [5, 5.41) is 0.379. The van der Waals surface area contributed by atoms with E-state index in [0.717, 1.165) is 0 Å². The lowest BCUT2D eigenvalue weighted by Gasteiger charge is -2.08. The molecule has 0 atom stereocenters. The minimum atomic E-state index is -1.66. The first-order valence-electron chi connectivity index (χ1n) is 7.83. The summed E-state index contributed by atoms with van der Waals surface area (Å²) >= 11 is 0. The number of aromatic amines is 1. The topological polar surface area (TPSA) is 19.0 Å². The Labute approximate surface area is 99.3 Å². The van der Waals surface area contributed by atoms with E-state index in [-0.39, 0.29) is 36.2 Å². The SMILES string of the molecule is [2H]c1[nH]c2c([2H])c([2H])c(C)c([2H])c2c1CC([2H])([2H])N(C)C. The number of aryl methyl sites for hydroxylation is 1. The van der Waals surface area contributed by atoms with Gasteiger partial charge in [-0.15, -0.1) is 0 Å². The molecule has 15 heavy (non-hydrogen) atoms. The van der Waals surface area contributed by atoms with Crippen molar-refractivity contribution < 1.29 is 8.22 Å². The fourth-order valence-corrected chi connectivity index (χ4v) is 1.39. The minimum absolute atomic E-state index is 0.00252. The Morgan fingerprint density at radius 2 is 2.27 bits per heavy atom. The van der Waals surface area contributed by atoms with Gasteiger partial charge in [-0.05, 0) is 45.1 Å². The Bertz CT molecular complexity index is 705. The van der Waals surface area contributed by atoms with Gasteiger partial charge < -0.3 is 9.88 Å². The van der Waals surface area contributed by atoms with Gasteiger partial charge in [0.15, 0.2) is 0 Å². The Balaban J connectivity index is 2.74. The maximum atomic E-state index is 8.15. The van der Waals surface area contributed by atoms with E-state index in [1.807, 2.05) is 0 Å². The molecule has 0 aliphatic rings. The van der Waals surface area contributed by atoms with Crippen LogP contribution in [0.15, 0.2) is 24.3 Å². The summed E-state index contributed by atoms with van der Waals surface area (Å²) in [4.78, 5) is 4.14. The van der Waals surface area contributed by atoms with Crippen LogP contribution in [0.25, 0.3) is 10.9 Å². The van der Waals surface area contributed by atoms with Crippen molar-refractivity contribution in [2.75, 3.05) is 20.6 Å². The summed E-state index contributed by atoms with van der Waals surface area (Å²) in [7, 11) is 3.23. The van der Waals surface area contributed by atoms with E-state index in [4.69, 9.17) is 8.22 Å². The molecular formula is C13H18N2. The highest BCUT2D eigenvalue weighted by molar-refractivity contribution is 5.83. The summed E-state index contributed by atoms with van der Waals surface area (Å²) in [5.74, 6) is 0. The number of benzene rings is 1. The number of hydrogen-bond acceptors (Lipinski definition) is 1. The van der Waals surface area contributed by atoms with Gasteiger partial charge in [0.2, 0.25) is 0 Å². The number of fused-ring (bicyclic) bond motifs is 1. The van der Waals surface area contributed by atoms with Crippen molar-refractivity contribution in [3.63, 3.8) is 0 Å². The molecule has 80 valence electrons. The van der Waals surface area contributed by atoms with Gasteiger partial charge in [0, 0.05) is 26.3 Å². The maximum Gasteiger partial charge on any atom is 0.0819 e. The molecule has 1 aromatic carbocycles. The summed E-state index contributed by atoms with van der Waals surface area (Å²) in [5.41, 5.74) is 1.02. The molecule has 0 fully saturated rings. The van der Waals surface area contributed by atoms with Crippen LogP contribution in [0, 0.1) is 6.92 Å². The predicted octanol–water partition coefficient (Wildman–Crippen LogP) is 2.58. The van der Waals surface area contributed by atoms with Crippen molar-refractivity contribution in [1.29, 1.82) is 0 Å². The van der Waals surface area contributed by atoms with Crippen LogP contribution in [0.1, 0.15) is 19.4 Å². The Hall–Kier alpha value is -1.28. The van der Waals surface area contributed by atoms with Gasteiger partial charge in [-0.2, -0.15) is 0 Å². The molecule has 2 nitrogen and oxygen atoms in total. The zero-order valence-electron chi connectivity index (χ0n) is 15.2. The molecule has 0 unspecified atom stereocenters. The number of nitrogens with zero attached hydrogens (tertiary/aromatic N) is 1. The highest BCUT2D eigenvalue weighted by Crippen LogP contribution is 2.19. The molecule has 0 aliphatic heterocycles. The first-order chi connectivity index (χ1) is 9.58. The summed E-state index contributed by atoms with van der Waals surface area (Å²) < 4.78 is 47.9. The normalized spacial score (nSPS) is 18.1. The lowest BCUT2D eigenvalue weighted by atomic mass is 10.1. The van der Waals surface area contributed by atoms with Gasteiger partial charge in [0.05, 0.1) is 5.48 Å². The average Bonchev–Trinajstić information content (AvgIpc) is 2.71. The molecule has 2 aromatic rings. The molecule has 0 spiro atoms. The highest BCUT2D eigenvalue weighted by Gasteiger charge is 2.03. The monoisotopic (exact) mass is 208 g/mol. The van der Waals surface area contributed by atoms with Gasteiger partial charge in [-0.1, -0.05) is 11.6 Å². The van der Waals surface area contributed by atoms with E-state index >= 15 is 0 Å². The molecule has 0 saturated carbocycles. The van der Waals surface area contributed by atoms with E-state index in [1.165, 1.54) is 4.90 Å². The second-order valence-corrected chi connectivity index (χ2v) is 3.71. The summed E-state index contributed by atoms with van der Waals surface area (Å²) in [6.07, 6.45) is -0.0521. The second kappa shape index (κ2) is 4.07. The molecule has 0 amide bonds. The first-order valence-corrected chi connectivity index (χ1v) is 4.83. The smallest absolute Gasteiger partial charge is 0.0819 e. The molecular weight excluding hydrogens is 184 g/mol. The number of nitrogens with one attached hydrogen (secondary N) is 1. The van der Waals surface area contributed by atoms with Gasteiger partial charge in [0.1, 0.15) is 0 Å². The van der Waals surface area contributed by atoms with Gasteiger partial charge >= 0.3 is 0 Å². The number of aromatic nitrogens is 1.